The number of hydrogen-bond donors (Lipinski definition) is 0. The second kappa shape index (κ2) is 14.1. The van der Waals surface area contributed by atoms with Gasteiger partial charge in [0, 0.05) is 6.54 Å². The van der Waals surface area contributed by atoms with Crippen LogP contribution in [0.5, 0.6) is 0 Å². The lowest BCUT2D eigenvalue weighted by atomic mass is 10.1. The molecule has 0 amide bonds. The molecule has 0 aliphatic carbocycles. The van der Waals surface area contributed by atoms with Crippen molar-refractivity contribution in [1.29, 1.82) is 0 Å². The molecular formula is C22H49N2+. The summed E-state index contributed by atoms with van der Waals surface area (Å²) in [6.07, 6.45) is 14.3. The number of quaternary nitrogens is 1. The molecule has 0 bridgehead atoms. The van der Waals surface area contributed by atoms with E-state index in [0.717, 1.165) is 10.4 Å². The van der Waals surface area contributed by atoms with Crippen molar-refractivity contribution in [2.45, 2.75) is 97.9 Å². The van der Waals surface area contributed by atoms with Gasteiger partial charge in [-0.3, -0.25) is 4.90 Å². The van der Waals surface area contributed by atoms with E-state index < -0.39 is 0 Å². The van der Waals surface area contributed by atoms with Crippen LogP contribution < -0.4 is 0 Å². The molecule has 24 heavy (non-hydrogen) atoms. The molecule has 1 unspecified atom stereocenters. The number of likely N-dealkylation sites (N-methyl/N-ethyl adjacent to an activating group) is 1. The first-order valence-corrected chi connectivity index (χ1v) is 10.8. The number of unbranched alkanes of at least 4 members (excludes halogenated alkanes) is 9. The van der Waals surface area contributed by atoms with Crippen LogP contribution in [0.2, 0.25) is 0 Å². The van der Waals surface area contributed by atoms with Gasteiger partial charge in [-0.05, 0) is 25.8 Å². The van der Waals surface area contributed by atoms with E-state index in [0.29, 0.717) is 6.04 Å². The zero-order valence-electron chi connectivity index (χ0n) is 18.2. The largest absolute Gasteiger partial charge is 0.330 e. The monoisotopic (exact) mass is 341 g/mol. The third kappa shape index (κ3) is 15.4. The highest BCUT2D eigenvalue weighted by Gasteiger charge is 2.20. The van der Waals surface area contributed by atoms with E-state index in [1.807, 2.05) is 0 Å². The molecule has 0 saturated heterocycles. The predicted octanol–water partition coefficient (Wildman–Crippen LogP) is 5.96. The van der Waals surface area contributed by atoms with Crippen LogP contribution in [0.4, 0.5) is 0 Å². The number of rotatable bonds is 16. The smallest absolute Gasteiger partial charge is 0.0935 e. The lowest BCUT2D eigenvalue weighted by Crippen LogP contribution is -2.48. The average Bonchev–Trinajstić information content (AvgIpc) is 2.45. The van der Waals surface area contributed by atoms with E-state index in [-0.39, 0.29) is 0 Å². The Morgan fingerprint density at radius 2 is 1.17 bits per heavy atom. The SMILES string of the molecule is CCCCCCCCCCCCN(CC(C)C)C(C)C[N+](C)(C)C. The summed E-state index contributed by atoms with van der Waals surface area (Å²) in [6, 6.07) is 0.686. The van der Waals surface area contributed by atoms with Crippen molar-refractivity contribution in [3.8, 4) is 0 Å². The van der Waals surface area contributed by atoms with Gasteiger partial charge < -0.3 is 4.48 Å². The molecule has 2 nitrogen and oxygen atoms in total. The minimum Gasteiger partial charge on any atom is -0.330 e. The molecular weight excluding hydrogens is 292 g/mol. The van der Waals surface area contributed by atoms with Gasteiger partial charge in [0.05, 0.1) is 33.7 Å². The molecule has 0 aromatic rings. The Kier molecular flexibility index (Phi) is 14.1. The first-order valence-electron chi connectivity index (χ1n) is 10.8. The van der Waals surface area contributed by atoms with Crippen LogP contribution in [0.3, 0.4) is 0 Å². The van der Waals surface area contributed by atoms with Crippen LogP contribution >= 0.6 is 0 Å². The molecule has 0 fully saturated rings. The van der Waals surface area contributed by atoms with Gasteiger partial charge in [0.2, 0.25) is 0 Å². The molecule has 0 spiro atoms. The first-order chi connectivity index (χ1) is 11.3. The van der Waals surface area contributed by atoms with Crippen molar-refractivity contribution in [3.05, 3.63) is 0 Å². The van der Waals surface area contributed by atoms with Crippen LogP contribution in [-0.2, 0) is 0 Å². The minimum absolute atomic E-state index is 0.686. The van der Waals surface area contributed by atoms with Crippen LogP contribution in [-0.4, -0.2) is 56.2 Å². The Labute approximate surface area is 154 Å². The molecule has 0 aromatic heterocycles. The van der Waals surface area contributed by atoms with Crippen LogP contribution in [0.1, 0.15) is 91.9 Å². The van der Waals surface area contributed by atoms with Crippen molar-refractivity contribution < 1.29 is 4.48 Å². The topological polar surface area (TPSA) is 3.24 Å². The Morgan fingerprint density at radius 1 is 0.708 bits per heavy atom. The third-order valence-electron chi connectivity index (χ3n) is 4.83. The van der Waals surface area contributed by atoms with Gasteiger partial charge in [0.1, 0.15) is 0 Å². The summed E-state index contributed by atoms with van der Waals surface area (Å²) >= 11 is 0. The number of hydrogen-bond acceptors (Lipinski definition) is 1. The lowest BCUT2D eigenvalue weighted by molar-refractivity contribution is -0.872. The zero-order valence-corrected chi connectivity index (χ0v) is 18.2. The molecule has 0 aliphatic heterocycles. The molecule has 0 aromatic carbocycles. The summed E-state index contributed by atoms with van der Waals surface area (Å²) in [5.74, 6) is 0.767. The van der Waals surface area contributed by atoms with Crippen LogP contribution in [0, 0.1) is 5.92 Å². The normalized spacial score (nSPS) is 13.9. The van der Waals surface area contributed by atoms with Crippen LogP contribution in [0.15, 0.2) is 0 Å². The molecule has 0 rings (SSSR count). The molecule has 0 heterocycles. The Hall–Kier alpha value is -0.0800. The Morgan fingerprint density at radius 3 is 1.58 bits per heavy atom. The van der Waals surface area contributed by atoms with Crippen molar-refractivity contribution >= 4 is 0 Å². The van der Waals surface area contributed by atoms with Crippen molar-refractivity contribution in [2.75, 3.05) is 40.8 Å². The summed E-state index contributed by atoms with van der Waals surface area (Å²) in [4.78, 5) is 2.74. The molecule has 0 N–H and O–H groups in total. The van der Waals surface area contributed by atoms with Crippen molar-refractivity contribution in [3.63, 3.8) is 0 Å². The number of nitrogens with zero attached hydrogens (tertiary/aromatic N) is 2. The fourth-order valence-corrected chi connectivity index (χ4v) is 3.67. The zero-order chi connectivity index (χ0) is 18.4. The molecule has 0 aliphatic rings. The standard InChI is InChI=1S/C22H49N2/c1-8-9-10-11-12-13-14-15-16-17-18-23(19-21(2)3)22(4)20-24(5,6)7/h21-22H,8-20H2,1-7H3/q+1. The molecule has 146 valence electrons. The Balaban J connectivity index is 3.83. The van der Waals surface area contributed by atoms with E-state index in [4.69, 9.17) is 0 Å². The second-order valence-electron chi connectivity index (χ2n) is 9.39. The van der Waals surface area contributed by atoms with Gasteiger partial charge in [-0.2, -0.15) is 0 Å². The lowest BCUT2D eigenvalue weighted by Gasteiger charge is -2.35. The highest BCUT2D eigenvalue weighted by Crippen LogP contribution is 2.13. The van der Waals surface area contributed by atoms with E-state index in [2.05, 4.69) is 53.7 Å². The molecule has 0 saturated carbocycles. The van der Waals surface area contributed by atoms with Crippen molar-refractivity contribution in [1.82, 2.24) is 4.90 Å². The van der Waals surface area contributed by atoms with E-state index in [1.165, 1.54) is 83.8 Å². The van der Waals surface area contributed by atoms with Gasteiger partial charge >= 0.3 is 0 Å². The predicted molar refractivity (Wildman–Crippen MR) is 111 cm³/mol. The van der Waals surface area contributed by atoms with Crippen molar-refractivity contribution in [2.24, 2.45) is 5.92 Å². The summed E-state index contributed by atoms with van der Waals surface area (Å²) in [5, 5.41) is 0. The third-order valence-corrected chi connectivity index (χ3v) is 4.83. The van der Waals surface area contributed by atoms with Gasteiger partial charge in [-0.25, -0.2) is 0 Å². The molecule has 1 atom stereocenters. The summed E-state index contributed by atoms with van der Waals surface area (Å²) < 4.78 is 1.06. The maximum Gasteiger partial charge on any atom is 0.0935 e. The second-order valence-corrected chi connectivity index (χ2v) is 9.39. The maximum atomic E-state index is 2.74. The van der Waals surface area contributed by atoms with E-state index in [1.54, 1.807) is 0 Å². The van der Waals surface area contributed by atoms with E-state index >= 15 is 0 Å². The molecule has 2 heteroatoms. The fourth-order valence-electron chi connectivity index (χ4n) is 3.67. The summed E-state index contributed by atoms with van der Waals surface area (Å²) in [7, 11) is 6.93. The summed E-state index contributed by atoms with van der Waals surface area (Å²) in [5.41, 5.74) is 0. The minimum atomic E-state index is 0.686. The molecule has 0 radical (unpaired) electrons. The highest BCUT2D eigenvalue weighted by molar-refractivity contribution is 4.68. The van der Waals surface area contributed by atoms with Crippen LogP contribution in [0.25, 0.3) is 0 Å². The fraction of sp³-hybridized carbons (Fsp3) is 1.00. The first kappa shape index (κ1) is 23.9. The van der Waals surface area contributed by atoms with Gasteiger partial charge in [-0.15, -0.1) is 0 Å². The average molecular weight is 342 g/mol. The van der Waals surface area contributed by atoms with E-state index in [9.17, 15) is 0 Å². The quantitative estimate of drug-likeness (QED) is 0.247. The maximum absolute atomic E-state index is 2.74. The van der Waals surface area contributed by atoms with Gasteiger partial charge in [0.15, 0.2) is 0 Å². The van der Waals surface area contributed by atoms with Gasteiger partial charge in [-0.1, -0.05) is 78.6 Å². The van der Waals surface area contributed by atoms with Gasteiger partial charge in [0.25, 0.3) is 0 Å². The highest BCUT2D eigenvalue weighted by atomic mass is 15.3. The summed E-state index contributed by atoms with van der Waals surface area (Å²) in [6.45, 7) is 13.2. The Bertz CT molecular complexity index is 268.